The van der Waals surface area contributed by atoms with Crippen molar-refractivity contribution in [2.45, 2.75) is 12.5 Å². The minimum atomic E-state index is -0.551. The van der Waals surface area contributed by atoms with Crippen LogP contribution < -0.4 is 0 Å². The fraction of sp³-hybridized carbons (Fsp3) is 0.333. The number of aliphatic hydroxyl groups is 1. The Morgan fingerprint density at radius 1 is 1.13 bits per heavy atom. The van der Waals surface area contributed by atoms with Crippen molar-refractivity contribution in [3.8, 4) is 0 Å². The van der Waals surface area contributed by atoms with Gasteiger partial charge in [0.25, 0.3) is 5.91 Å². The summed E-state index contributed by atoms with van der Waals surface area (Å²) in [5.41, 5.74) is 1.04. The number of hydrogen-bond donors (Lipinski definition) is 1. The van der Waals surface area contributed by atoms with Gasteiger partial charge in [-0.1, -0.05) is 42.5 Å². The van der Waals surface area contributed by atoms with Crippen LogP contribution in [0.3, 0.4) is 0 Å². The molecule has 0 aliphatic carbocycles. The molecule has 31 heavy (non-hydrogen) atoms. The molecule has 1 atom stereocenters. The first-order valence-corrected chi connectivity index (χ1v) is 11.4. The molecular weight excluding hydrogens is 412 g/mol. The molecular formula is C24H26N2O4S. The van der Waals surface area contributed by atoms with Crippen molar-refractivity contribution < 1.29 is 19.4 Å². The van der Waals surface area contributed by atoms with Crippen molar-refractivity contribution in [3.63, 3.8) is 0 Å². The van der Waals surface area contributed by atoms with E-state index in [0.29, 0.717) is 6.54 Å². The van der Waals surface area contributed by atoms with Crippen molar-refractivity contribution in [2.24, 2.45) is 0 Å². The Balaban J connectivity index is 1.51. The maximum atomic E-state index is 13.0. The van der Waals surface area contributed by atoms with Gasteiger partial charge < -0.3 is 14.7 Å². The summed E-state index contributed by atoms with van der Waals surface area (Å²) in [7, 11) is 0. The van der Waals surface area contributed by atoms with E-state index in [1.54, 1.807) is 11.0 Å². The molecule has 3 heterocycles. The van der Waals surface area contributed by atoms with E-state index in [0.717, 1.165) is 49.7 Å². The Morgan fingerprint density at radius 3 is 2.61 bits per heavy atom. The third-order valence-corrected chi connectivity index (χ3v) is 6.51. The predicted molar refractivity (Wildman–Crippen MR) is 121 cm³/mol. The number of rotatable bonds is 8. The summed E-state index contributed by atoms with van der Waals surface area (Å²) in [6, 6.07) is 12.7. The van der Waals surface area contributed by atoms with Crippen molar-refractivity contribution in [1.82, 2.24) is 9.80 Å². The molecule has 6 nitrogen and oxygen atoms in total. The van der Waals surface area contributed by atoms with Gasteiger partial charge in [0.2, 0.25) is 0 Å². The number of thiophene rings is 1. The Morgan fingerprint density at radius 2 is 1.90 bits per heavy atom. The fourth-order valence-corrected chi connectivity index (χ4v) is 4.84. The Labute approximate surface area is 186 Å². The number of carbonyl (C=O) groups is 2. The summed E-state index contributed by atoms with van der Waals surface area (Å²) in [5.74, 6) is -1.26. The van der Waals surface area contributed by atoms with Gasteiger partial charge in [0.05, 0.1) is 24.8 Å². The summed E-state index contributed by atoms with van der Waals surface area (Å²) < 4.78 is 5.38. The quantitative estimate of drug-likeness (QED) is 0.640. The lowest BCUT2D eigenvalue weighted by molar-refractivity contribution is -0.129. The van der Waals surface area contributed by atoms with Crippen LogP contribution in [0.1, 0.15) is 22.9 Å². The summed E-state index contributed by atoms with van der Waals surface area (Å²) in [6.07, 6.45) is 3.91. The number of ether oxygens (including phenoxy) is 1. The topological polar surface area (TPSA) is 70.1 Å². The molecule has 162 valence electrons. The van der Waals surface area contributed by atoms with Gasteiger partial charge in [-0.3, -0.25) is 14.5 Å². The molecule has 2 aliphatic rings. The number of amides is 1. The van der Waals surface area contributed by atoms with Crippen molar-refractivity contribution in [2.75, 3.05) is 39.4 Å². The summed E-state index contributed by atoms with van der Waals surface area (Å²) in [5, 5.41) is 12.5. The molecule has 1 amide bonds. The lowest BCUT2D eigenvalue weighted by Gasteiger charge is -2.29. The highest BCUT2D eigenvalue weighted by Gasteiger charge is 2.43. The summed E-state index contributed by atoms with van der Waals surface area (Å²) >= 11 is 1.48. The van der Waals surface area contributed by atoms with E-state index < -0.39 is 17.7 Å². The van der Waals surface area contributed by atoms with Gasteiger partial charge in [-0.05, 0) is 29.5 Å². The van der Waals surface area contributed by atoms with E-state index in [1.165, 1.54) is 17.4 Å². The highest BCUT2D eigenvalue weighted by Crippen LogP contribution is 2.39. The highest BCUT2D eigenvalue weighted by atomic mass is 32.1. The number of aliphatic hydroxyl groups excluding tert-OH is 1. The first-order valence-electron chi connectivity index (χ1n) is 10.5. The van der Waals surface area contributed by atoms with Crippen LogP contribution in [0.2, 0.25) is 0 Å². The van der Waals surface area contributed by atoms with Crippen LogP contribution in [0.25, 0.3) is 6.08 Å². The molecule has 1 fully saturated rings. The number of nitrogens with zero attached hydrogens (tertiary/aromatic N) is 2. The third-order valence-electron chi connectivity index (χ3n) is 5.59. The third kappa shape index (κ3) is 4.95. The van der Waals surface area contributed by atoms with E-state index in [-0.39, 0.29) is 11.4 Å². The lowest BCUT2D eigenvalue weighted by Crippen LogP contribution is -2.39. The summed E-state index contributed by atoms with van der Waals surface area (Å²) in [4.78, 5) is 30.8. The maximum absolute atomic E-state index is 13.0. The zero-order chi connectivity index (χ0) is 21.6. The van der Waals surface area contributed by atoms with E-state index in [4.69, 9.17) is 4.74 Å². The molecule has 1 N–H and O–H groups in total. The van der Waals surface area contributed by atoms with Crippen LogP contribution in [0, 0.1) is 0 Å². The number of carbonyl (C=O) groups excluding carboxylic acids is 2. The van der Waals surface area contributed by atoms with Gasteiger partial charge in [0.15, 0.2) is 11.5 Å². The largest absolute Gasteiger partial charge is 0.503 e. The van der Waals surface area contributed by atoms with Crippen molar-refractivity contribution >= 4 is 29.1 Å². The maximum Gasteiger partial charge on any atom is 0.290 e. The second-order valence-corrected chi connectivity index (χ2v) is 8.57. The van der Waals surface area contributed by atoms with Crippen LogP contribution in [-0.2, 0) is 14.3 Å². The molecule has 0 bridgehead atoms. The minimum Gasteiger partial charge on any atom is -0.503 e. The summed E-state index contributed by atoms with van der Waals surface area (Å²) in [6.45, 7) is 4.56. The standard InChI is InChI=1S/C24H26N2O4S/c27-19(10-9-18-6-2-1-3-7-18)21-22(20-8-4-17-31-20)26(24(29)23(21)28)12-5-11-25-13-15-30-16-14-25/h1-4,6-10,17,22,28H,5,11-16H2/b10-9+/t22-/m1/s1. The van der Waals surface area contributed by atoms with E-state index in [9.17, 15) is 14.7 Å². The fourth-order valence-electron chi connectivity index (χ4n) is 3.99. The second kappa shape index (κ2) is 10.0. The van der Waals surface area contributed by atoms with Crippen molar-refractivity contribution in [3.05, 3.63) is 75.7 Å². The molecule has 0 radical (unpaired) electrons. The lowest BCUT2D eigenvalue weighted by atomic mass is 10.0. The molecule has 0 spiro atoms. The SMILES string of the molecule is O=C(/C=C/c1ccccc1)C1=C(O)C(=O)N(CCCN2CCOCC2)[C@@H]1c1cccs1. The Bertz CT molecular complexity index is 963. The van der Waals surface area contributed by atoms with Gasteiger partial charge in [-0.25, -0.2) is 0 Å². The first kappa shape index (κ1) is 21.5. The molecule has 0 unspecified atom stereocenters. The molecule has 7 heteroatoms. The molecule has 1 aromatic heterocycles. The van der Waals surface area contributed by atoms with Gasteiger partial charge >= 0.3 is 0 Å². The highest BCUT2D eigenvalue weighted by molar-refractivity contribution is 7.10. The van der Waals surface area contributed by atoms with Crippen LogP contribution in [0.4, 0.5) is 0 Å². The second-order valence-electron chi connectivity index (χ2n) is 7.59. The van der Waals surface area contributed by atoms with Gasteiger partial charge in [0, 0.05) is 31.1 Å². The number of ketones is 1. The Kier molecular flexibility index (Phi) is 6.96. The number of hydrogen-bond acceptors (Lipinski definition) is 6. The van der Waals surface area contributed by atoms with Gasteiger partial charge in [-0.2, -0.15) is 0 Å². The Hall–Kier alpha value is -2.74. The molecule has 2 aliphatic heterocycles. The zero-order valence-corrected chi connectivity index (χ0v) is 18.1. The van der Waals surface area contributed by atoms with Gasteiger partial charge in [-0.15, -0.1) is 11.3 Å². The zero-order valence-electron chi connectivity index (χ0n) is 17.3. The predicted octanol–water partition coefficient (Wildman–Crippen LogP) is 3.45. The first-order chi connectivity index (χ1) is 15.1. The smallest absolute Gasteiger partial charge is 0.290 e. The average Bonchev–Trinajstić information content (AvgIpc) is 3.41. The molecule has 1 aromatic carbocycles. The molecule has 0 saturated carbocycles. The molecule has 1 saturated heterocycles. The normalized spacial score (nSPS) is 20.2. The van der Waals surface area contributed by atoms with Crippen molar-refractivity contribution in [1.29, 1.82) is 0 Å². The van der Waals surface area contributed by atoms with E-state index in [1.807, 2.05) is 47.8 Å². The van der Waals surface area contributed by atoms with E-state index in [2.05, 4.69) is 4.90 Å². The average molecular weight is 439 g/mol. The van der Waals surface area contributed by atoms with Crippen LogP contribution in [0.5, 0.6) is 0 Å². The monoisotopic (exact) mass is 438 g/mol. The number of morpholine rings is 1. The van der Waals surface area contributed by atoms with Gasteiger partial charge in [0.1, 0.15) is 0 Å². The van der Waals surface area contributed by atoms with Crippen LogP contribution in [0.15, 0.2) is 65.3 Å². The number of allylic oxidation sites excluding steroid dienone is 1. The van der Waals surface area contributed by atoms with E-state index >= 15 is 0 Å². The molecule has 4 rings (SSSR count). The molecule has 2 aromatic rings. The minimum absolute atomic E-state index is 0.158. The van der Waals surface area contributed by atoms with Crippen LogP contribution in [-0.4, -0.2) is 66.0 Å². The van der Waals surface area contributed by atoms with Crippen LogP contribution >= 0.6 is 11.3 Å². The number of benzene rings is 1.